The third-order valence-corrected chi connectivity index (χ3v) is 11.3. The van der Waals surface area contributed by atoms with E-state index in [1.165, 1.54) is 10.8 Å². The Balaban J connectivity index is 1.30. The molecule has 294 valence electrons. The maximum absolute atomic E-state index is 14.7. The molecule has 2 N–H and O–H groups in total. The zero-order chi connectivity index (χ0) is 40.4. The van der Waals surface area contributed by atoms with Gasteiger partial charge in [-0.2, -0.15) is 22.7 Å². The normalized spacial score (nSPS) is 16.6. The molecule has 1 saturated heterocycles. The van der Waals surface area contributed by atoms with Crippen molar-refractivity contribution in [3.63, 3.8) is 0 Å². The van der Waals surface area contributed by atoms with Crippen LogP contribution in [0.5, 0.6) is 5.75 Å². The number of carbonyl (C=O) groups excluding carboxylic acids is 2. The summed E-state index contributed by atoms with van der Waals surface area (Å²) in [5.41, 5.74) is 3.17. The highest BCUT2D eigenvalue weighted by Crippen LogP contribution is 2.50. The lowest BCUT2D eigenvalue weighted by molar-refractivity contribution is -0.137. The topological polar surface area (TPSA) is 151 Å². The number of fused-ring (bicyclic) bond motifs is 3. The van der Waals surface area contributed by atoms with E-state index in [2.05, 4.69) is 20.2 Å². The van der Waals surface area contributed by atoms with Gasteiger partial charge in [-0.3, -0.25) is 14.4 Å². The third-order valence-electron chi connectivity index (χ3n) is 11.0. The summed E-state index contributed by atoms with van der Waals surface area (Å²) >= 11 is 6.20. The highest BCUT2D eigenvalue weighted by Gasteiger charge is 2.49. The van der Waals surface area contributed by atoms with Crippen LogP contribution in [0.15, 0.2) is 41.5 Å². The number of alkyl halides is 3. The molecule has 7 rings (SSSR count). The molecule has 5 aromatic rings. The number of hydrogen-bond acceptors (Lipinski definition) is 9. The van der Waals surface area contributed by atoms with Crippen molar-refractivity contribution in [2.24, 2.45) is 0 Å². The Labute approximate surface area is 325 Å². The molecule has 0 radical (unpaired) electrons. The van der Waals surface area contributed by atoms with Crippen LogP contribution in [0.4, 0.5) is 18.9 Å². The number of aryl methyl sites for hydroxylation is 3. The molecular formula is C39H41ClF3N9O4. The fraction of sp³-hybridized carbons (Fsp3) is 0.410. The molecule has 1 fully saturated rings. The quantitative estimate of drug-likeness (QED) is 0.201. The minimum absolute atomic E-state index is 0.00391. The summed E-state index contributed by atoms with van der Waals surface area (Å²) in [5, 5.41) is 17.6. The number of aromatic hydroxyl groups is 1. The molecule has 3 aromatic heterocycles. The third kappa shape index (κ3) is 6.89. The average Bonchev–Trinajstić information content (AvgIpc) is 3.70. The van der Waals surface area contributed by atoms with Crippen molar-refractivity contribution in [3.8, 4) is 17.1 Å². The second kappa shape index (κ2) is 14.3. The SMILES string of the molecule is Cc1cc(-c2nc3n(CC(=O)Nc4ccc(C(F)(F)F)cc4Cl)c4c(c(=O)n3n2)C2(CCN(C(=O)c3ncnc(C)c3O)CC2)CC4C)cc(C)c1CN(C)C. The second-order valence-corrected chi connectivity index (χ2v) is 15.6. The molecule has 1 unspecified atom stereocenters. The fourth-order valence-electron chi connectivity index (χ4n) is 8.33. The number of anilines is 1. The molecule has 1 aliphatic heterocycles. The number of amides is 2. The van der Waals surface area contributed by atoms with Gasteiger partial charge in [-0.05, 0) is 107 Å². The summed E-state index contributed by atoms with van der Waals surface area (Å²) in [6, 6.07) is 6.63. The molecule has 2 aromatic carbocycles. The summed E-state index contributed by atoms with van der Waals surface area (Å²) in [7, 11) is 3.98. The van der Waals surface area contributed by atoms with Gasteiger partial charge in [0.2, 0.25) is 11.7 Å². The number of benzene rings is 2. The lowest BCUT2D eigenvalue weighted by Crippen LogP contribution is -2.46. The smallest absolute Gasteiger partial charge is 0.416 e. The van der Waals surface area contributed by atoms with Crippen molar-refractivity contribution >= 4 is 34.9 Å². The molecule has 1 aliphatic carbocycles. The zero-order valence-electron chi connectivity index (χ0n) is 31.8. The Hall–Kier alpha value is -5.35. The van der Waals surface area contributed by atoms with Crippen LogP contribution in [0.2, 0.25) is 5.02 Å². The van der Waals surface area contributed by atoms with Gasteiger partial charge in [-0.15, -0.1) is 5.10 Å². The molecule has 1 atom stereocenters. The van der Waals surface area contributed by atoms with Gasteiger partial charge < -0.3 is 24.8 Å². The van der Waals surface area contributed by atoms with E-state index in [1.807, 2.05) is 47.0 Å². The van der Waals surface area contributed by atoms with E-state index in [-0.39, 0.29) is 70.6 Å². The summed E-state index contributed by atoms with van der Waals surface area (Å²) < 4.78 is 42.9. The first-order valence-corrected chi connectivity index (χ1v) is 18.5. The van der Waals surface area contributed by atoms with Gasteiger partial charge in [0.15, 0.2) is 17.3 Å². The number of rotatable bonds is 7. The summed E-state index contributed by atoms with van der Waals surface area (Å²) in [6.45, 7) is 8.50. The molecule has 0 saturated carbocycles. The van der Waals surface area contributed by atoms with Crippen molar-refractivity contribution < 1.29 is 27.9 Å². The summed E-state index contributed by atoms with van der Waals surface area (Å²) in [5.74, 6) is -1.12. The fourth-order valence-corrected chi connectivity index (χ4v) is 8.55. The van der Waals surface area contributed by atoms with E-state index >= 15 is 0 Å². The van der Waals surface area contributed by atoms with Crippen LogP contribution < -0.4 is 10.9 Å². The van der Waals surface area contributed by atoms with Crippen LogP contribution >= 0.6 is 11.6 Å². The number of carbonyl (C=O) groups is 2. The van der Waals surface area contributed by atoms with Gasteiger partial charge in [0.25, 0.3) is 11.5 Å². The van der Waals surface area contributed by atoms with Crippen LogP contribution in [-0.2, 0) is 29.5 Å². The lowest BCUT2D eigenvalue weighted by Gasteiger charge is -2.39. The Morgan fingerprint density at radius 1 is 1.07 bits per heavy atom. The largest absolute Gasteiger partial charge is 0.504 e. The van der Waals surface area contributed by atoms with Crippen molar-refractivity contribution in [1.82, 2.24) is 38.9 Å². The van der Waals surface area contributed by atoms with Gasteiger partial charge in [0.05, 0.1) is 22.0 Å². The van der Waals surface area contributed by atoms with Crippen LogP contribution in [0, 0.1) is 20.8 Å². The Kier molecular flexibility index (Phi) is 9.94. The van der Waals surface area contributed by atoms with Gasteiger partial charge in [0, 0.05) is 41.9 Å². The van der Waals surface area contributed by atoms with Crippen molar-refractivity contribution in [2.75, 3.05) is 32.5 Å². The Morgan fingerprint density at radius 3 is 2.38 bits per heavy atom. The van der Waals surface area contributed by atoms with E-state index < -0.39 is 29.0 Å². The van der Waals surface area contributed by atoms with E-state index in [0.29, 0.717) is 36.1 Å². The highest BCUT2D eigenvalue weighted by molar-refractivity contribution is 6.33. The number of piperidine rings is 1. The van der Waals surface area contributed by atoms with Crippen LogP contribution in [0.3, 0.4) is 0 Å². The average molecular weight is 792 g/mol. The van der Waals surface area contributed by atoms with Crippen LogP contribution in [0.1, 0.15) is 81.8 Å². The predicted molar refractivity (Wildman–Crippen MR) is 203 cm³/mol. The summed E-state index contributed by atoms with van der Waals surface area (Å²) in [4.78, 5) is 58.5. The van der Waals surface area contributed by atoms with Crippen molar-refractivity contribution in [1.29, 1.82) is 0 Å². The van der Waals surface area contributed by atoms with Gasteiger partial charge in [0.1, 0.15) is 12.9 Å². The van der Waals surface area contributed by atoms with Crippen LogP contribution in [0.25, 0.3) is 17.2 Å². The molecule has 17 heteroatoms. The molecule has 2 aliphatic rings. The predicted octanol–water partition coefficient (Wildman–Crippen LogP) is 6.03. The molecule has 13 nitrogen and oxygen atoms in total. The molecule has 4 heterocycles. The molecule has 56 heavy (non-hydrogen) atoms. The number of aromatic nitrogens is 6. The Morgan fingerprint density at radius 2 is 1.75 bits per heavy atom. The zero-order valence-corrected chi connectivity index (χ0v) is 32.5. The maximum Gasteiger partial charge on any atom is 0.416 e. The molecule has 1 spiro atoms. The number of hydrogen-bond donors (Lipinski definition) is 2. The highest BCUT2D eigenvalue weighted by atomic mass is 35.5. The van der Waals surface area contributed by atoms with Crippen molar-refractivity contribution in [2.45, 2.75) is 77.6 Å². The molecule has 0 bridgehead atoms. The van der Waals surface area contributed by atoms with E-state index in [1.54, 1.807) is 16.4 Å². The minimum atomic E-state index is -4.62. The standard InChI is InChI=1S/C39H41ClF3N9O4/c1-20-13-24(14-21(2)26(20)17-49(5)6)34-47-37-51(18-29(53)46-28-8-7-25(15-27(28)40)39(41,42)43)32-22(3)16-38(30(32)35(55)52(37)48-34)9-11-50(12-10-38)36(56)31-33(54)23(4)44-19-45-31/h7-8,13-15,19,22,54H,9-12,16-18H2,1-6H3,(H,46,53). The van der Waals surface area contributed by atoms with E-state index in [9.17, 15) is 32.7 Å². The number of halogens is 4. The lowest BCUT2D eigenvalue weighted by atomic mass is 9.73. The first-order chi connectivity index (χ1) is 26.4. The monoisotopic (exact) mass is 791 g/mol. The number of likely N-dealkylation sites (tertiary alicyclic amines) is 1. The second-order valence-electron chi connectivity index (χ2n) is 15.2. The van der Waals surface area contributed by atoms with Gasteiger partial charge in [-0.25, -0.2) is 9.97 Å². The van der Waals surface area contributed by atoms with E-state index in [0.717, 1.165) is 41.4 Å². The first kappa shape index (κ1) is 38.9. The van der Waals surface area contributed by atoms with Gasteiger partial charge >= 0.3 is 6.18 Å². The Bertz CT molecular complexity index is 2450. The molecule has 2 amide bonds. The number of nitrogens with zero attached hydrogens (tertiary/aromatic N) is 8. The minimum Gasteiger partial charge on any atom is -0.504 e. The van der Waals surface area contributed by atoms with Gasteiger partial charge in [-0.1, -0.05) is 18.5 Å². The van der Waals surface area contributed by atoms with Crippen molar-refractivity contribution in [3.05, 3.63) is 96.9 Å². The van der Waals surface area contributed by atoms with E-state index in [4.69, 9.17) is 21.7 Å². The maximum atomic E-state index is 14.7. The summed E-state index contributed by atoms with van der Waals surface area (Å²) in [6.07, 6.45) is -2.00. The first-order valence-electron chi connectivity index (χ1n) is 18.1. The van der Waals surface area contributed by atoms with Crippen LogP contribution in [-0.4, -0.2) is 83.0 Å². The number of nitrogens with one attached hydrogen (secondary N) is 1. The molecular weight excluding hydrogens is 751 g/mol.